The van der Waals surface area contributed by atoms with Crippen LogP contribution in [0.4, 0.5) is 8.78 Å². The molecule has 1 atom stereocenters. The first-order valence-corrected chi connectivity index (χ1v) is 6.02. The van der Waals surface area contributed by atoms with E-state index in [0.29, 0.717) is 12.5 Å². The van der Waals surface area contributed by atoms with Crippen molar-refractivity contribution in [1.82, 2.24) is 10.6 Å². The van der Waals surface area contributed by atoms with Gasteiger partial charge in [0.25, 0.3) is 5.92 Å². The van der Waals surface area contributed by atoms with E-state index in [1.165, 1.54) is 0 Å². The van der Waals surface area contributed by atoms with Crippen LogP contribution < -0.4 is 10.6 Å². The van der Waals surface area contributed by atoms with Gasteiger partial charge >= 0.3 is 0 Å². The van der Waals surface area contributed by atoms with Crippen LogP contribution in [0.3, 0.4) is 0 Å². The minimum absolute atomic E-state index is 0.249. The highest BCUT2D eigenvalue weighted by Crippen LogP contribution is 2.12. The van der Waals surface area contributed by atoms with Gasteiger partial charge < -0.3 is 15.7 Å². The lowest BCUT2D eigenvalue weighted by atomic mass is 10.0. The maximum atomic E-state index is 12.6. The highest BCUT2D eigenvalue weighted by molar-refractivity contribution is 5.75. The SMILES string of the molecule is O=C(CCC1CCCCN1)NCC(F)(F)CO. The Bertz CT molecular complexity index is 244. The molecule has 3 N–H and O–H groups in total. The van der Waals surface area contributed by atoms with E-state index in [0.717, 1.165) is 25.8 Å². The van der Waals surface area contributed by atoms with Crippen molar-refractivity contribution >= 4 is 5.91 Å². The third-order valence-corrected chi connectivity index (χ3v) is 2.91. The van der Waals surface area contributed by atoms with Crippen LogP contribution in [0.1, 0.15) is 32.1 Å². The van der Waals surface area contributed by atoms with E-state index in [9.17, 15) is 13.6 Å². The largest absolute Gasteiger partial charge is 0.390 e. The second-order valence-electron chi connectivity index (χ2n) is 4.48. The lowest BCUT2D eigenvalue weighted by Crippen LogP contribution is -2.40. The Morgan fingerprint density at radius 3 is 2.82 bits per heavy atom. The van der Waals surface area contributed by atoms with Gasteiger partial charge in [-0.2, -0.15) is 0 Å². The molecule has 1 saturated heterocycles. The van der Waals surface area contributed by atoms with Crippen molar-refractivity contribution in [3.05, 3.63) is 0 Å². The predicted molar refractivity (Wildman–Crippen MR) is 59.9 cm³/mol. The van der Waals surface area contributed by atoms with Gasteiger partial charge in [0.15, 0.2) is 0 Å². The number of aliphatic hydroxyl groups is 1. The Kier molecular flexibility index (Phi) is 5.77. The molecule has 0 saturated carbocycles. The maximum Gasteiger partial charge on any atom is 0.287 e. The molecule has 17 heavy (non-hydrogen) atoms. The summed E-state index contributed by atoms with van der Waals surface area (Å²) >= 11 is 0. The van der Waals surface area contributed by atoms with E-state index in [-0.39, 0.29) is 12.3 Å². The van der Waals surface area contributed by atoms with Gasteiger partial charge in [-0.1, -0.05) is 6.42 Å². The zero-order valence-electron chi connectivity index (χ0n) is 9.85. The Morgan fingerprint density at radius 2 is 2.24 bits per heavy atom. The predicted octanol–water partition coefficient (Wildman–Crippen LogP) is 0.652. The van der Waals surface area contributed by atoms with Crippen molar-refractivity contribution < 1.29 is 18.7 Å². The number of aliphatic hydroxyl groups excluding tert-OH is 1. The molecule has 0 aromatic carbocycles. The minimum Gasteiger partial charge on any atom is -0.390 e. The molecule has 4 nitrogen and oxygen atoms in total. The molecule has 0 spiro atoms. The van der Waals surface area contributed by atoms with Crippen LogP contribution in [0, 0.1) is 0 Å². The van der Waals surface area contributed by atoms with Gasteiger partial charge in [0, 0.05) is 12.5 Å². The normalized spacial score (nSPS) is 21.2. The highest BCUT2D eigenvalue weighted by Gasteiger charge is 2.28. The molecular weight excluding hydrogens is 230 g/mol. The standard InChI is InChI=1S/C11H20F2N2O2/c12-11(13,8-16)7-15-10(17)5-4-9-3-1-2-6-14-9/h9,14,16H,1-8H2,(H,15,17). The molecule has 0 radical (unpaired) electrons. The first-order chi connectivity index (χ1) is 8.03. The van der Waals surface area contributed by atoms with Crippen LogP contribution in [0.15, 0.2) is 0 Å². The van der Waals surface area contributed by atoms with Gasteiger partial charge in [0.1, 0.15) is 6.61 Å². The first-order valence-electron chi connectivity index (χ1n) is 6.02. The fourth-order valence-electron chi connectivity index (χ4n) is 1.85. The number of alkyl halides is 2. The summed E-state index contributed by atoms with van der Waals surface area (Å²) < 4.78 is 25.3. The van der Waals surface area contributed by atoms with Gasteiger partial charge in [0.2, 0.25) is 5.91 Å². The quantitative estimate of drug-likeness (QED) is 0.648. The summed E-state index contributed by atoms with van der Waals surface area (Å²) in [7, 11) is 0. The van der Waals surface area contributed by atoms with Crippen LogP contribution in [0.5, 0.6) is 0 Å². The Morgan fingerprint density at radius 1 is 1.47 bits per heavy atom. The zero-order valence-corrected chi connectivity index (χ0v) is 9.85. The van der Waals surface area contributed by atoms with E-state index in [1.54, 1.807) is 0 Å². The molecular formula is C11H20F2N2O2. The molecule has 0 aromatic heterocycles. The molecule has 0 aromatic rings. The van der Waals surface area contributed by atoms with Gasteiger partial charge in [-0.05, 0) is 25.8 Å². The van der Waals surface area contributed by atoms with Crippen molar-refractivity contribution in [2.45, 2.75) is 44.1 Å². The summed E-state index contributed by atoms with van der Waals surface area (Å²) in [6, 6.07) is 0.327. The molecule has 1 aliphatic heterocycles. The summed E-state index contributed by atoms with van der Waals surface area (Å²) in [6.07, 6.45) is 4.28. The molecule has 1 rings (SSSR count). The maximum absolute atomic E-state index is 12.6. The Labute approximate surface area is 99.8 Å². The van der Waals surface area contributed by atoms with E-state index in [1.807, 2.05) is 0 Å². The number of hydrogen-bond acceptors (Lipinski definition) is 3. The van der Waals surface area contributed by atoms with Gasteiger partial charge in [-0.25, -0.2) is 8.78 Å². The monoisotopic (exact) mass is 250 g/mol. The fourth-order valence-corrected chi connectivity index (χ4v) is 1.85. The second-order valence-corrected chi connectivity index (χ2v) is 4.48. The Hall–Kier alpha value is -0.750. The van der Waals surface area contributed by atoms with Crippen molar-refractivity contribution in [3.8, 4) is 0 Å². The average Bonchev–Trinajstić information content (AvgIpc) is 2.35. The van der Waals surface area contributed by atoms with E-state index >= 15 is 0 Å². The van der Waals surface area contributed by atoms with Crippen LogP contribution in [-0.2, 0) is 4.79 Å². The number of piperidine rings is 1. The Balaban J connectivity index is 2.12. The topological polar surface area (TPSA) is 61.4 Å². The number of carbonyl (C=O) groups is 1. The van der Waals surface area contributed by atoms with Crippen molar-refractivity contribution in [1.29, 1.82) is 0 Å². The minimum atomic E-state index is -3.22. The smallest absolute Gasteiger partial charge is 0.287 e. The summed E-state index contributed by atoms with van der Waals surface area (Å²) in [5.41, 5.74) is 0. The molecule has 100 valence electrons. The number of hydrogen-bond donors (Lipinski definition) is 3. The van der Waals surface area contributed by atoms with Crippen LogP contribution >= 0.6 is 0 Å². The molecule has 0 aliphatic carbocycles. The molecule has 6 heteroatoms. The summed E-state index contributed by atoms with van der Waals surface area (Å²) in [5, 5.41) is 13.8. The molecule has 1 unspecified atom stereocenters. The molecule has 0 bridgehead atoms. The lowest BCUT2D eigenvalue weighted by Gasteiger charge is -2.23. The van der Waals surface area contributed by atoms with Gasteiger partial charge in [-0.3, -0.25) is 4.79 Å². The van der Waals surface area contributed by atoms with Crippen LogP contribution in [0.2, 0.25) is 0 Å². The second kappa shape index (κ2) is 6.86. The van der Waals surface area contributed by atoms with Crippen LogP contribution in [-0.4, -0.2) is 42.7 Å². The molecule has 1 aliphatic rings. The molecule has 1 fully saturated rings. The third-order valence-electron chi connectivity index (χ3n) is 2.91. The fraction of sp³-hybridized carbons (Fsp3) is 0.909. The molecule has 1 amide bonds. The highest BCUT2D eigenvalue weighted by atomic mass is 19.3. The lowest BCUT2D eigenvalue weighted by molar-refractivity contribution is -0.124. The van der Waals surface area contributed by atoms with E-state index in [2.05, 4.69) is 10.6 Å². The number of nitrogens with one attached hydrogen (secondary N) is 2. The van der Waals surface area contributed by atoms with E-state index in [4.69, 9.17) is 5.11 Å². The molecule has 1 heterocycles. The summed E-state index contributed by atoms with van der Waals surface area (Å²) in [6.45, 7) is -1.06. The van der Waals surface area contributed by atoms with Gasteiger partial charge in [0.05, 0.1) is 6.54 Å². The summed E-state index contributed by atoms with van der Waals surface area (Å²) in [4.78, 5) is 11.3. The van der Waals surface area contributed by atoms with E-state index < -0.39 is 19.1 Å². The average molecular weight is 250 g/mol. The summed E-state index contributed by atoms with van der Waals surface area (Å²) in [5.74, 6) is -3.61. The van der Waals surface area contributed by atoms with Crippen molar-refractivity contribution in [3.63, 3.8) is 0 Å². The third kappa shape index (κ3) is 5.93. The van der Waals surface area contributed by atoms with Crippen molar-refractivity contribution in [2.24, 2.45) is 0 Å². The number of carbonyl (C=O) groups excluding carboxylic acids is 1. The van der Waals surface area contributed by atoms with Crippen molar-refractivity contribution in [2.75, 3.05) is 19.7 Å². The number of halogens is 2. The van der Waals surface area contributed by atoms with Gasteiger partial charge in [-0.15, -0.1) is 0 Å². The van der Waals surface area contributed by atoms with Crippen LogP contribution in [0.25, 0.3) is 0 Å². The number of rotatable bonds is 6. The zero-order chi connectivity index (χ0) is 12.7. The number of amides is 1. The first kappa shape index (κ1) is 14.3.